The second-order valence-corrected chi connectivity index (χ2v) is 12.5. The van der Waals surface area contributed by atoms with E-state index >= 15 is 0 Å². The van der Waals surface area contributed by atoms with Crippen LogP contribution < -0.4 is 9.79 Å². The standard InChI is InChI=1S/C23H31O10P/c1-5-15(33-34(25,26)27)29-19-21(10(2)3)16(31-21)17-23(32-17)20(4)7-6-11-12(9-28-18(11)24)13(20)8-14-22(19,23)30-14/h10,13-17,19H,5-9H2,1-4H3,(H2,25,26,27)/p-2/t13-,14?,15?,16-,17-,19?,20-,21-,22+,23+/m0/s1. The van der Waals surface area contributed by atoms with Gasteiger partial charge in [0.05, 0.1) is 13.9 Å². The number of carbonyl (C=O) groups is 1. The molecule has 0 radical (unpaired) electrons. The lowest BCUT2D eigenvalue weighted by Crippen LogP contribution is -2.70. The van der Waals surface area contributed by atoms with Gasteiger partial charge >= 0.3 is 5.97 Å². The van der Waals surface area contributed by atoms with E-state index in [0.29, 0.717) is 19.4 Å². The first-order valence-corrected chi connectivity index (χ1v) is 13.7. The fraction of sp³-hybridized carbons (Fsp3) is 0.870. The average molecular weight is 496 g/mol. The van der Waals surface area contributed by atoms with Crippen LogP contribution in [0.5, 0.6) is 0 Å². The first-order chi connectivity index (χ1) is 16.0. The highest BCUT2D eigenvalue weighted by atomic mass is 31.2. The van der Waals surface area contributed by atoms with Crippen LogP contribution in [0.2, 0.25) is 0 Å². The molecule has 4 heterocycles. The Morgan fingerprint density at radius 2 is 1.97 bits per heavy atom. The second-order valence-electron chi connectivity index (χ2n) is 11.4. The molecule has 0 N–H and O–H groups in total. The van der Waals surface area contributed by atoms with E-state index in [-0.39, 0.29) is 48.0 Å². The molecule has 0 bridgehead atoms. The molecule has 11 heteroatoms. The Balaban J connectivity index is 1.31. The van der Waals surface area contributed by atoms with Crippen LogP contribution in [0, 0.1) is 17.3 Å². The number of esters is 1. The summed E-state index contributed by atoms with van der Waals surface area (Å²) >= 11 is 0. The lowest BCUT2D eigenvalue weighted by atomic mass is 9.46. The second kappa shape index (κ2) is 6.34. The smallest absolute Gasteiger partial charge is 0.334 e. The zero-order valence-corrected chi connectivity index (χ0v) is 20.5. The van der Waals surface area contributed by atoms with Gasteiger partial charge in [0.15, 0.2) is 11.9 Å². The zero-order valence-electron chi connectivity index (χ0n) is 19.6. The van der Waals surface area contributed by atoms with Crippen molar-refractivity contribution in [3.63, 3.8) is 0 Å². The monoisotopic (exact) mass is 496 g/mol. The Bertz CT molecular complexity index is 1070. The van der Waals surface area contributed by atoms with Gasteiger partial charge in [-0.1, -0.05) is 27.7 Å². The molecule has 7 rings (SSSR count). The van der Waals surface area contributed by atoms with E-state index in [1.54, 1.807) is 6.92 Å². The molecule has 0 aromatic rings. The maximum atomic E-state index is 12.3. The van der Waals surface area contributed by atoms with Crippen LogP contribution in [0.1, 0.15) is 53.4 Å². The molecule has 10 nitrogen and oxygen atoms in total. The number of hydrogen-bond donors (Lipinski definition) is 0. The summed E-state index contributed by atoms with van der Waals surface area (Å²) in [5.41, 5.74) is -0.681. The van der Waals surface area contributed by atoms with E-state index in [2.05, 4.69) is 6.92 Å². The maximum Gasteiger partial charge on any atom is 0.334 e. The molecule has 5 fully saturated rings. The molecule has 7 aliphatic rings. The fourth-order valence-electron chi connectivity index (χ4n) is 8.36. The number of rotatable bonds is 6. The van der Waals surface area contributed by atoms with Crippen molar-refractivity contribution in [1.29, 1.82) is 0 Å². The summed E-state index contributed by atoms with van der Waals surface area (Å²) in [7, 11) is -5.25. The largest absolute Gasteiger partial charge is 0.790 e. The summed E-state index contributed by atoms with van der Waals surface area (Å²) in [5.74, 6) is -0.0889. The van der Waals surface area contributed by atoms with Crippen LogP contribution in [0.25, 0.3) is 0 Å². The maximum absolute atomic E-state index is 12.3. The van der Waals surface area contributed by atoms with Gasteiger partial charge in [0.1, 0.15) is 36.1 Å². The molecular weight excluding hydrogens is 467 g/mol. The first kappa shape index (κ1) is 22.4. The third kappa shape index (κ3) is 2.34. The van der Waals surface area contributed by atoms with Gasteiger partial charge in [-0.3, -0.25) is 0 Å². The van der Waals surface area contributed by atoms with Crippen molar-refractivity contribution >= 4 is 13.8 Å². The Hall–Kier alpha value is -0.840. The molecule has 0 amide bonds. The number of hydrogen-bond acceptors (Lipinski definition) is 10. The molecule has 0 aromatic heterocycles. The van der Waals surface area contributed by atoms with Crippen LogP contribution >= 0.6 is 7.82 Å². The summed E-state index contributed by atoms with van der Waals surface area (Å²) in [6.07, 6.45) is -0.222. The highest BCUT2D eigenvalue weighted by Gasteiger charge is 3.00. The predicted molar refractivity (Wildman–Crippen MR) is 109 cm³/mol. The minimum atomic E-state index is -5.25. The van der Waals surface area contributed by atoms with Crippen LogP contribution in [-0.4, -0.2) is 60.1 Å². The number of epoxide rings is 3. The van der Waals surface area contributed by atoms with Gasteiger partial charge in [0.2, 0.25) is 0 Å². The van der Waals surface area contributed by atoms with E-state index in [9.17, 15) is 19.1 Å². The molecule has 2 spiro atoms. The van der Waals surface area contributed by atoms with Crippen LogP contribution in [-0.2, 0) is 37.6 Å². The summed E-state index contributed by atoms with van der Waals surface area (Å²) in [5, 5.41) is 0. The number of ether oxygens (including phenoxy) is 5. The summed E-state index contributed by atoms with van der Waals surface area (Å²) in [6.45, 7) is 8.32. The molecule has 3 unspecified atom stereocenters. The quantitative estimate of drug-likeness (QED) is 0.223. The van der Waals surface area contributed by atoms with E-state index in [1.807, 2.05) is 13.8 Å². The van der Waals surface area contributed by atoms with Crippen LogP contribution in [0.4, 0.5) is 0 Å². The van der Waals surface area contributed by atoms with Gasteiger partial charge in [-0.2, -0.15) is 0 Å². The lowest BCUT2D eigenvalue weighted by molar-refractivity contribution is -0.356. The molecule has 3 saturated heterocycles. The number of cyclic esters (lactones) is 1. The minimum Gasteiger partial charge on any atom is -0.790 e. The summed E-state index contributed by atoms with van der Waals surface area (Å²) in [4.78, 5) is 35.1. The third-order valence-corrected chi connectivity index (χ3v) is 10.4. The van der Waals surface area contributed by atoms with E-state index < -0.39 is 37.0 Å². The first-order valence-electron chi connectivity index (χ1n) is 12.2. The minimum absolute atomic E-state index is 0.0415. The molecule has 0 aromatic carbocycles. The Kier molecular flexibility index (Phi) is 4.17. The van der Waals surface area contributed by atoms with Gasteiger partial charge in [0.25, 0.3) is 0 Å². The number of phosphoric acid groups is 1. The predicted octanol–water partition coefficient (Wildman–Crippen LogP) is 0.709. The highest BCUT2D eigenvalue weighted by Crippen LogP contribution is 2.83. The molecule has 34 heavy (non-hydrogen) atoms. The van der Waals surface area contributed by atoms with Crippen molar-refractivity contribution in [3.8, 4) is 0 Å². The van der Waals surface area contributed by atoms with Gasteiger partial charge in [-0.05, 0) is 43.1 Å². The van der Waals surface area contributed by atoms with Crippen LogP contribution in [0.15, 0.2) is 11.1 Å². The third-order valence-electron chi connectivity index (χ3n) is 9.93. The molecule has 2 saturated carbocycles. The van der Waals surface area contributed by atoms with Crippen molar-refractivity contribution in [2.45, 2.75) is 101 Å². The fourth-order valence-corrected chi connectivity index (χ4v) is 8.85. The Morgan fingerprint density at radius 1 is 1.21 bits per heavy atom. The Morgan fingerprint density at radius 3 is 2.65 bits per heavy atom. The topological polar surface area (TPSA) is 146 Å². The van der Waals surface area contributed by atoms with E-state index in [1.165, 1.54) is 0 Å². The molecule has 10 atom stereocenters. The number of fused-ring (bicyclic) bond motifs is 4. The number of phosphoric ester groups is 1. The van der Waals surface area contributed by atoms with Gasteiger partial charge in [-0.15, -0.1) is 0 Å². The van der Waals surface area contributed by atoms with E-state index in [4.69, 9.17) is 28.2 Å². The average Bonchev–Trinajstić information content (AvgIpc) is 3.65. The highest BCUT2D eigenvalue weighted by molar-refractivity contribution is 7.43. The summed E-state index contributed by atoms with van der Waals surface area (Å²) < 4.78 is 47.5. The van der Waals surface area contributed by atoms with Gasteiger partial charge < -0.3 is 42.6 Å². The zero-order chi connectivity index (χ0) is 24.1. The van der Waals surface area contributed by atoms with Crippen molar-refractivity contribution in [1.82, 2.24) is 0 Å². The van der Waals surface area contributed by atoms with Crippen LogP contribution in [0.3, 0.4) is 0 Å². The molecular formula is C23H29O10P-2. The van der Waals surface area contributed by atoms with Crippen molar-refractivity contribution < 1.29 is 47.4 Å². The molecule has 3 aliphatic carbocycles. The lowest BCUT2D eigenvalue weighted by Gasteiger charge is -2.54. The van der Waals surface area contributed by atoms with Crippen molar-refractivity contribution in [2.24, 2.45) is 17.3 Å². The summed E-state index contributed by atoms with van der Waals surface area (Å²) in [6, 6.07) is 0. The van der Waals surface area contributed by atoms with Gasteiger partial charge in [0, 0.05) is 11.0 Å². The van der Waals surface area contributed by atoms with Crippen molar-refractivity contribution in [2.75, 3.05) is 6.61 Å². The molecule has 188 valence electrons. The Labute approximate surface area is 197 Å². The van der Waals surface area contributed by atoms with Gasteiger partial charge in [-0.25, -0.2) is 4.79 Å². The molecule has 4 aliphatic heterocycles. The number of carbonyl (C=O) groups excluding carboxylic acids is 1. The van der Waals surface area contributed by atoms with Crippen molar-refractivity contribution in [3.05, 3.63) is 11.1 Å². The SMILES string of the molecule is CCC(OC1[C@@]2(C(C)C)O[C@H]2[C@@H]2O[C@]23[C@]12OC2C[C@H]1C2=C(CC[C@@]13C)C(=O)OC2)OP(=O)([O-])[O-]. The normalized spacial score (nSPS) is 52.6. The van der Waals surface area contributed by atoms with E-state index in [0.717, 1.165) is 17.6 Å².